The van der Waals surface area contributed by atoms with E-state index in [-0.39, 0.29) is 48.1 Å². The molecule has 0 atom stereocenters. The summed E-state index contributed by atoms with van der Waals surface area (Å²) in [4.78, 5) is 0. The van der Waals surface area contributed by atoms with Gasteiger partial charge in [0.05, 0.1) is 0 Å². The SMILES string of the molecule is [Fe].[H-].[Na+].[O]=[Mn]. The third kappa shape index (κ3) is 9.15. The summed E-state index contributed by atoms with van der Waals surface area (Å²) in [6, 6.07) is 0. The molecule has 4 heavy (non-hydrogen) atoms. The van der Waals surface area contributed by atoms with Gasteiger partial charge in [-0.2, -0.15) is 0 Å². The minimum atomic E-state index is 0. The van der Waals surface area contributed by atoms with Gasteiger partial charge >= 0.3 is 49.3 Å². The van der Waals surface area contributed by atoms with E-state index in [2.05, 4.69) is 0 Å². The molecule has 0 saturated carbocycles. The van der Waals surface area contributed by atoms with Crippen LogP contribution in [-0.2, 0) is 36.8 Å². The molecule has 0 amide bonds. The van der Waals surface area contributed by atoms with Crippen molar-refractivity contribution in [3.05, 3.63) is 0 Å². The fraction of sp³-hybridized carbons (Fsp3) is 0. The Bertz CT molecular complexity index is 11.6. The molecule has 0 aromatic rings. The van der Waals surface area contributed by atoms with Crippen LogP contribution in [0.3, 0.4) is 0 Å². The van der Waals surface area contributed by atoms with Gasteiger partial charge in [-0.05, 0) is 0 Å². The van der Waals surface area contributed by atoms with E-state index in [1.54, 1.807) is 15.9 Å². The Morgan fingerprint density at radius 1 is 1.50 bits per heavy atom. The molecule has 4 heteroatoms. The van der Waals surface area contributed by atoms with Crippen molar-refractivity contribution in [2.45, 2.75) is 0 Å². The zero-order valence-corrected chi connectivity index (χ0v) is 6.42. The molecular formula is HFeMnNaO. The second-order valence-corrected chi connectivity index (χ2v) is 0. The molecule has 0 fully saturated rings. The van der Waals surface area contributed by atoms with E-state index in [4.69, 9.17) is 3.83 Å². The van der Waals surface area contributed by atoms with Gasteiger partial charge in [0.15, 0.2) is 0 Å². The third-order valence-electron chi connectivity index (χ3n) is 0. The van der Waals surface area contributed by atoms with Crippen molar-refractivity contribution in [1.82, 2.24) is 0 Å². The zero-order chi connectivity index (χ0) is 2.00. The van der Waals surface area contributed by atoms with Crippen molar-refractivity contribution in [2.75, 3.05) is 0 Å². The first-order valence-corrected chi connectivity index (χ1v) is 0.636. The summed E-state index contributed by atoms with van der Waals surface area (Å²) in [5, 5.41) is 0. The Kier molecular flexibility index (Phi) is 89.4. The first-order chi connectivity index (χ1) is 1.00. The average molecular weight is 151 g/mol. The van der Waals surface area contributed by atoms with Crippen molar-refractivity contribution in [1.29, 1.82) is 0 Å². The summed E-state index contributed by atoms with van der Waals surface area (Å²) in [7, 11) is 0. The van der Waals surface area contributed by atoms with Crippen LogP contribution in [0.4, 0.5) is 0 Å². The Morgan fingerprint density at radius 3 is 1.50 bits per heavy atom. The van der Waals surface area contributed by atoms with Crippen molar-refractivity contribution < 1.29 is 67.8 Å². The van der Waals surface area contributed by atoms with Crippen molar-refractivity contribution in [3.63, 3.8) is 0 Å². The summed E-state index contributed by atoms with van der Waals surface area (Å²) in [5.41, 5.74) is 0. The van der Waals surface area contributed by atoms with Gasteiger partial charge in [-0.15, -0.1) is 0 Å². The van der Waals surface area contributed by atoms with Crippen molar-refractivity contribution in [3.8, 4) is 0 Å². The van der Waals surface area contributed by atoms with Gasteiger partial charge < -0.3 is 1.43 Å². The molecule has 0 saturated heterocycles. The van der Waals surface area contributed by atoms with Crippen LogP contribution >= 0.6 is 0 Å². The summed E-state index contributed by atoms with van der Waals surface area (Å²) in [6.45, 7) is 0. The second-order valence-electron chi connectivity index (χ2n) is 0. The summed E-state index contributed by atoms with van der Waals surface area (Å²) >= 11 is 1.69. The molecule has 0 aromatic heterocycles. The van der Waals surface area contributed by atoms with Crippen LogP contribution in [0.15, 0.2) is 0 Å². The molecule has 23 valence electrons. The summed E-state index contributed by atoms with van der Waals surface area (Å²) < 4.78 is 8.06. The van der Waals surface area contributed by atoms with E-state index in [9.17, 15) is 0 Å². The van der Waals surface area contributed by atoms with Crippen LogP contribution in [0.5, 0.6) is 0 Å². The summed E-state index contributed by atoms with van der Waals surface area (Å²) in [5.74, 6) is 0. The van der Waals surface area contributed by atoms with E-state index >= 15 is 0 Å². The molecule has 0 aromatic carbocycles. The Balaban J connectivity index is -0.00000000167. The maximum absolute atomic E-state index is 8.06. The topological polar surface area (TPSA) is 17.1 Å². The van der Waals surface area contributed by atoms with Crippen molar-refractivity contribution in [2.24, 2.45) is 0 Å². The summed E-state index contributed by atoms with van der Waals surface area (Å²) in [6.07, 6.45) is 0. The van der Waals surface area contributed by atoms with Gasteiger partial charge in [0.1, 0.15) is 0 Å². The molecule has 0 bridgehead atoms. The first kappa shape index (κ1) is 17.0. The van der Waals surface area contributed by atoms with E-state index in [1.165, 1.54) is 0 Å². The molecule has 0 rings (SSSR count). The minimum absolute atomic E-state index is 0. The van der Waals surface area contributed by atoms with Gasteiger partial charge in [0.25, 0.3) is 0 Å². The molecule has 0 N–H and O–H groups in total. The molecule has 0 aliphatic heterocycles. The van der Waals surface area contributed by atoms with E-state index in [0.29, 0.717) is 0 Å². The normalized spacial score (nSPS) is 1.00. The van der Waals surface area contributed by atoms with E-state index in [1.807, 2.05) is 0 Å². The van der Waals surface area contributed by atoms with Crippen molar-refractivity contribution >= 4 is 0 Å². The van der Waals surface area contributed by atoms with Crippen LogP contribution in [0, 0.1) is 0 Å². The maximum atomic E-state index is 8.06. The van der Waals surface area contributed by atoms with Gasteiger partial charge in [0, 0.05) is 17.1 Å². The number of hydrogen-bond donors (Lipinski definition) is 0. The molecule has 0 aliphatic carbocycles. The molecule has 1 nitrogen and oxygen atoms in total. The van der Waals surface area contributed by atoms with Crippen LogP contribution in [0.25, 0.3) is 0 Å². The van der Waals surface area contributed by atoms with Gasteiger partial charge in [0.2, 0.25) is 0 Å². The molecule has 0 unspecified atom stereocenters. The third-order valence-corrected chi connectivity index (χ3v) is 0. The predicted molar refractivity (Wildman–Crippen MR) is 1.80 cm³/mol. The molecule has 0 radical (unpaired) electrons. The van der Waals surface area contributed by atoms with Gasteiger partial charge in [-0.1, -0.05) is 0 Å². The van der Waals surface area contributed by atoms with E-state index < -0.39 is 0 Å². The molecule has 0 heterocycles. The van der Waals surface area contributed by atoms with Crippen LogP contribution in [0.2, 0.25) is 0 Å². The molecular weight excluding hydrogens is 150 g/mol. The monoisotopic (exact) mass is 151 g/mol. The van der Waals surface area contributed by atoms with Crippen LogP contribution in [-0.4, -0.2) is 0 Å². The quantitative estimate of drug-likeness (QED) is 0.337. The van der Waals surface area contributed by atoms with Gasteiger partial charge in [-0.25, -0.2) is 0 Å². The fourth-order valence-corrected chi connectivity index (χ4v) is 0. The van der Waals surface area contributed by atoms with E-state index in [0.717, 1.165) is 0 Å². The fourth-order valence-electron chi connectivity index (χ4n) is 0. The average Bonchev–Trinajstić information content (AvgIpc) is 1.00. The molecule has 0 aliphatic rings. The predicted octanol–water partition coefficient (Wildman–Crippen LogP) is -3.01. The number of rotatable bonds is 0. The second kappa shape index (κ2) is 21.1. The Labute approximate surface area is 67.2 Å². The first-order valence-electron chi connectivity index (χ1n) is 0.154. The number of hydrogen-bond acceptors (Lipinski definition) is 1. The molecule has 0 spiro atoms. The standard InChI is InChI=1S/Fe.Mn.Na.O.H/q;;+1;;-1. The Morgan fingerprint density at radius 2 is 1.50 bits per heavy atom. The zero-order valence-electron chi connectivity index (χ0n) is 3.14. The van der Waals surface area contributed by atoms with Crippen LogP contribution < -0.4 is 29.6 Å². The Hall–Kier alpha value is 1.84. The van der Waals surface area contributed by atoms with Crippen LogP contribution in [0.1, 0.15) is 1.43 Å². The van der Waals surface area contributed by atoms with Gasteiger partial charge in [-0.3, -0.25) is 0 Å².